The van der Waals surface area contributed by atoms with E-state index in [1.807, 2.05) is 36.6 Å². The third-order valence-corrected chi connectivity index (χ3v) is 4.91. The van der Waals surface area contributed by atoms with Crippen LogP contribution in [-0.2, 0) is 17.6 Å². The van der Waals surface area contributed by atoms with E-state index in [1.54, 1.807) is 17.6 Å². The molecule has 0 aliphatic rings. The van der Waals surface area contributed by atoms with Crippen molar-refractivity contribution >= 4 is 17.2 Å². The lowest BCUT2D eigenvalue weighted by Crippen LogP contribution is -2.34. The van der Waals surface area contributed by atoms with E-state index in [2.05, 4.69) is 29.4 Å². The summed E-state index contributed by atoms with van der Waals surface area (Å²) >= 11 is 1.58. The van der Waals surface area contributed by atoms with Gasteiger partial charge in [0.25, 0.3) is 0 Å². The van der Waals surface area contributed by atoms with Gasteiger partial charge in [-0.3, -0.25) is 4.79 Å². The van der Waals surface area contributed by atoms with Crippen molar-refractivity contribution in [1.29, 1.82) is 0 Å². The lowest BCUT2D eigenvalue weighted by atomic mass is 10.1. The fourth-order valence-corrected chi connectivity index (χ4v) is 3.49. The number of rotatable bonds is 7. The number of hydrogen-bond acceptors (Lipinski definition) is 4. The van der Waals surface area contributed by atoms with Gasteiger partial charge < -0.3 is 9.73 Å². The number of benzene rings is 1. The lowest BCUT2D eigenvalue weighted by Gasteiger charge is -2.12. The van der Waals surface area contributed by atoms with Crippen molar-refractivity contribution in [2.75, 3.05) is 0 Å². The van der Waals surface area contributed by atoms with Crippen molar-refractivity contribution in [3.05, 3.63) is 65.1 Å². The number of aryl methyl sites for hydroxylation is 2. The average Bonchev–Trinajstić information content (AvgIpc) is 3.24. The van der Waals surface area contributed by atoms with Crippen molar-refractivity contribution in [3.8, 4) is 10.6 Å². The van der Waals surface area contributed by atoms with Crippen LogP contribution in [0.25, 0.3) is 10.6 Å². The van der Waals surface area contributed by atoms with Crippen LogP contribution in [0.1, 0.15) is 30.4 Å². The van der Waals surface area contributed by atoms with Gasteiger partial charge in [-0.2, -0.15) is 0 Å². The maximum Gasteiger partial charge on any atom is 0.226 e. The summed E-state index contributed by atoms with van der Waals surface area (Å²) in [6, 6.07) is 12.2. The molecule has 1 atom stereocenters. The SMILES string of the molecule is Cc1cccc(-c2nc(CC(=O)NC(C)CCc3ccco3)cs2)c1. The zero-order valence-electron chi connectivity index (χ0n) is 14.5. The summed E-state index contributed by atoms with van der Waals surface area (Å²) in [5.74, 6) is 0.955. The Bertz CT molecular complexity index is 824. The van der Waals surface area contributed by atoms with E-state index < -0.39 is 0 Å². The van der Waals surface area contributed by atoms with Crippen LogP contribution in [0.15, 0.2) is 52.5 Å². The van der Waals surface area contributed by atoms with Crippen LogP contribution in [0.4, 0.5) is 0 Å². The highest BCUT2D eigenvalue weighted by molar-refractivity contribution is 7.13. The third kappa shape index (κ3) is 5.03. The molecule has 0 bridgehead atoms. The van der Waals surface area contributed by atoms with Crippen molar-refractivity contribution in [2.24, 2.45) is 0 Å². The van der Waals surface area contributed by atoms with Crippen LogP contribution in [0, 0.1) is 6.92 Å². The summed E-state index contributed by atoms with van der Waals surface area (Å²) in [4.78, 5) is 16.8. The second-order valence-corrected chi connectivity index (χ2v) is 7.13. The monoisotopic (exact) mass is 354 g/mol. The van der Waals surface area contributed by atoms with Gasteiger partial charge in [-0.05, 0) is 38.5 Å². The Kier molecular flexibility index (Phi) is 5.66. The van der Waals surface area contributed by atoms with Crippen LogP contribution in [-0.4, -0.2) is 16.9 Å². The molecular weight excluding hydrogens is 332 g/mol. The zero-order chi connectivity index (χ0) is 17.6. The number of amides is 1. The molecule has 1 unspecified atom stereocenters. The highest BCUT2D eigenvalue weighted by atomic mass is 32.1. The molecule has 4 nitrogen and oxygen atoms in total. The number of carbonyl (C=O) groups is 1. The fourth-order valence-electron chi connectivity index (χ4n) is 2.67. The first-order valence-electron chi connectivity index (χ1n) is 8.43. The van der Waals surface area contributed by atoms with Crippen molar-refractivity contribution in [3.63, 3.8) is 0 Å². The summed E-state index contributed by atoms with van der Waals surface area (Å²) in [6.45, 7) is 4.08. The summed E-state index contributed by atoms with van der Waals surface area (Å²) in [5.41, 5.74) is 3.12. The normalized spacial score (nSPS) is 12.1. The minimum absolute atomic E-state index is 0.00744. The van der Waals surface area contributed by atoms with Crippen LogP contribution < -0.4 is 5.32 Å². The second-order valence-electron chi connectivity index (χ2n) is 6.28. The Balaban J connectivity index is 1.51. The Morgan fingerprint density at radius 3 is 2.96 bits per heavy atom. The van der Waals surface area contributed by atoms with Gasteiger partial charge in [0.05, 0.1) is 18.4 Å². The maximum atomic E-state index is 12.2. The first kappa shape index (κ1) is 17.4. The van der Waals surface area contributed by atoms with Gasteiger partial charge >= 0.3 is 0 Å². The van der Waals surface area contributed by atoms with Crippen molar-refractivity contribution in [2.45, 2.75) is 39.2 Å². The molecule has 5 heteroatoms. The summed E-state index contributed by atoms with van der Waals surface area (Å²) in [5, 5.41) is 5.95. The molecular formula is C20H22N2O2S. The molecule has 2 aromatic heterocycles. The molecule has 3 rings (SSSR count). The minimum Gasteiger partial charge on any atom is -0.469 e. The quantitative estimate of drug-likeness (QED) is 0.684. The number of hydrogen-bond donors (Lipinski definition) is 1. The van der Waals surface area contributed by atoms with Crippen LogP contribution in [0.3, 0.4) is 0 Å². The first-order chi connectivity index (χ1) is 12.1. The molecule has 0 saturated carbocycles. The van der Waals surface area contributed by atoms with Gasteiger partial charge in [0.15, 0.2) is 0 Å². The predicted octanol–water partition coefficient (Wildman–Crippen LogP) is 4.39. The van der Waals surface area contributed by atoms with Crippen LogP contribution in [0.2, 0.25) is 0 Å². The summed E-state index contributed by atoms with van der Waals surface area (Å²) < 4.78 is 5.32. The molecule has 2 heterocycles. The molecule has 0 fully saturated rings. The molecule has 130 valence electrons. The molecule has 1 N–H and O–H groups in total. The minimum atomic E-state index is 0.00744. The molecule has 0 aliphatic carbocycles. The smallest absolute Gasteiger partial charge is 0.226 e. The number of nitrogens with one attached hydrogen (secondary N) is 1. The van der Waals surface area contributed by atoms with E-state index in [9.17, 15) is 4.79 Å². The zero-order valence-corrected chi connectivity index (χ0v) is 15.3. The Hall–Kier alpha value is -2.40. The number of furan rings is 1. The Labute approximate surface area is 151 Å². The average molecular weight is 354 g/mol. The van der Waals surface area contributed by atoms with Crippen molar-refractivity contribution in [1.82, 2.24) is 10.3 Å². The van der Waals surface area contributed by atoms with E-state index in [0.29, 0.717) is 6.42 Å². The van der Waals surface area contributed by atoms with Gasteiger partial charge in [0.1, 0.15) is 10.8 Å². The second kappa shape index (κ2) is 8.12. The summed E-state index contributed by atoms with van der Waals surface area (Å²) in [7, 11) is 0. The van der Waals surface area contributed by atoms with Crippen LogP contribution >= 0.6 is 11.3 Å². The number of carbonyl (C=O) groups excluding carboxylic acids is 1. The van der Waals surface area contributed by atoms with E-state index in [1.165, 1.54) is 5.56 Å². The molecule has 3 aromatic rings. The van der Waals surface area contributed by atoms with E-state index in [-0.39, 0.29) is 11.9 Å². The standard InChI is InChI=1S/C20H22N2O2S/c1-14-5-3-6-16(11-14)20-22-17(13-25-20)12-19(23)21-15(2)8-9-18-7-4-10-24-18/h3-7,10-11,13,15H,8-9,12H2,1-2H3,(H,21,23). The van der Waals surface area contributed by atoms with Gasteiger partial charge in [-0.15, -0.1) is 11.3 Å². The number of nitrogens with zero attached hydrogens (tertiary/aromatic N) is 1. The van der Waals surface area contributed by atoms with Gasteiger partial charge in [0.2, 0.25) is 5.91 Å². The largest absolute Gasteiger partial charge is 0.469 e. The number of thiazole rings is 1. The Morgan fingerprint density at radius 2 is 2.20 bits per heavy atom. The molecule has 0 saturated heterocycles. The maximum absolute atomic E-state index is 12.2. The van der Waals surface area contributed by atoms with E-state index in [4.69, 9.17) is 4.42 Å². The fraction of sp³-hybridized carbons (Fsp3) is 0.300. The highest BCUT2D eigenvalue weighted by Crippen LogP contribution is 2.24. The first-order valence-corrected chi connectivity index (χ1v) is 9.31. The number of aromatic nitrogens is 1. The lowest BCUT2D eigenvalue weighted by molar-refractivity contribution is -0.121. The van der Waals surface area contributed by atoms with Crippen LogP contribution in [0.5, 0.6) is 0 Å². The summed E-state index contributed by atoms with van der Waals surface area (Å²) in [6.07, 6.45) is 3.66. The van der Waals surface area contributed by atoms with Gasteiger partial charge in [0, 0.05) is 23.4 Å². The van der Waals surface area contributed by atoms with Gasteiger partial charge in [-0.1, -0.05) is 23.8 Å². The molecule has 1 aromatic carbocycles. The topological polar surface area (TPSA) is 55.1 Å². The molecule has 0 aliphatic heterocycles. The predicted molar refractivity (Wildman–Crippen MR) is 101 cm³/mol. The van der Waals surface area contributed by atoms with Gasteiger partial charge in [-0.25, -0.2) is 4.98 Å². The third-order valence-electron chi connectivity index (χ3n) is 3.97. The molecule has 0 radical (unpaired) electrons. The molecule has 1 amide bonds. The molecule has 25 heavy (non-hydrogen) atoms. The highest BCUT2D eigenvalue weighted by Gasteiger charge is 2.12. The van der Waals surface area contributed by atoms with E-state index in [0.717, 1.165) is 34.9 Å². The Morgan fingerprint density at radius 1 is 1.32 bits per heavy atom. The van der Waals surface area contributed by atoms with E-state index >= 15 is 0 Å². The molecule has 0 spiro atoms. The van der Waals surface area contributed by atoms with Crippen molar-refractivity contribution < 1.29 is 9.21 Å².